The summed E-state index contributed by atoms with van der Waals surface area (Å²) in [7, 11) is -3.89. The van der Waals surface area contributed by atoms with Gasteiger partial charge in [0.1, 0.15) is 10.0 Å². The van der Waals surface area contributed by atoms with E-state index in [-0.39, 0.29) is 23.2 Å². The van der Waals surface area contributed by atoms with Crippen molar-refractivity contribution < 1.29 is 17.6 Å². The molecule has 28 heavy (non-hydrogen) atoms. The van der Waals surface area contributed by atoms with Crippen LogP contribution >= 0.6 is 22.7 Å². The van der Waals surface area contributed by atoms with Gasteiger partial charge in [-0.05, 0) is 43.3 Å². The third kappa shape index (κ3) is 4.75. The molecule has 1 aromatic carbocycles. The number of carbonyl (C=O) groups excluding carboxylic acids is 1. The quantitative estimate of drug-likeness (QED) is 0.609. The summed E-state index contributed by atoms with van der Waals surface area (Å²) >= 11 is 2.52. The molecule has 0 spiro atoms. The molecule has 3 aromatic rings. The Hall–Kier alpha value is -2.30. The van der Waals surface area contributed by atoms with E-state index in [9.17, 15) is 17.6 Å². The van der Waals surface area contributed by atoms with Crippen LogP contribution in [-0.4, -0.2) is 19.3 Å². The third-order valence-corrected chi connectivity index (χ3v) is 7.93. The van der Waals surface area contributed by atoms with E-state index in [1.165, 1.54) is 52.9 Å². The molecule has 0 aliphatic carbocycles. The molecular formula is C18H18FN3O3S3. The van der Waals surface area contributed by atoms with Crippen LogP contribution in [0.25, 0.3) is 0 Å². The Labute approximate surface area is 170 Å². The fourth-order valence-corrected chi connectivity index (χ4v) is 5.91. The van der Waals surface area contributed by atoms with Crippen molar-refractivity contribution >= 4 is 44.3 Å². The van der Waals surface area contributed by atoms with Crippen molar-refractivity contribution in [3.05, 3.63) is 63.2 Å². The number of hydrogen-bond donors (Lipinski definition) is 1. The van der Waals surface area contributed by atoms with Crippen molar-refractivity contribution in [1.29, 1.82) is 0 Å². The van der Waals surface area contributed by atoms with E-state index < -0.39 is 15.8 Å². The van der Waals surface area contributed by atoms with Gasteiger partial charge in [0.15, 0.2) is 0 Å². The second kappa shape index (κ2) is 8.38. The van der Waals surface area contributed by atoms with Crippen molar-refractivity contribution in [2.24, 2.45) is 0 Å². The van der Waals surface area contributed by atoms with E-state index in [0.717, 1.165) is 21.2 Å². The van der Waals surface area contributed by atoms with E-state index in [1.54, 1.807) is 11.4 Å². The van der Waals surface area contributed by atoms with E-state index in [4.69, 9.17) is 0 Å². The number of halogens is 1. The highest BCUT2D eigenvalue weighted by Crippen LogP contribution is 2.30. The van der Waals surface area contributed by atoms with Crippen LogP contribution in [-0.2, 0) is 27.9 Å². The molecule has 148 valence electrons. The molecule has 0 aliphatic heterocycles. The zero-order valence-electron chi connectivity index (χ0n) is 15.2. The first kappa shape index (κ1) is 20.4. The molecule has 0 fully saturated rings. The average Bonchev–Trinajstić information content (AvgIpc) is 3.28. The topological polar surface area (TPSA) is 79.4 Å². The van der Waals surface area contributed by atoms with Crippen LogP contribution in [0.15, 0.2) is 46.0 Å². The highest BCUT2D eigenvalue weighted by molar-refractivity contribution is 7.94. The van der Waals surface area contributed by atoms with Crippen molar-refractivity contribution in [3.63, 3.8) is 0 Å². The molecular weight excluding hydrogens is 421 g/mol. The molecule has 1 N–H and O–H groups in total. The molecule has 6 nitrogen and oxygen atoms in total. The standard InChI is InChI=1S/C18H18FN3O3S3/c1-12(23)20-9-17-7-8-18(27-17)28(24,25)22(10-15-11-26-13(2)21-15)16-5-3-14(19)4-6-16/h3-8,11H,9-10H2,1-2H3,(H,20,23). The molecule has 0 saturated carbocycles. The first-order valence-corrected chi connectivity index (χ1v) is 11.4. The minimum atomic E-state index is -3.89. The van der Waals surface area contributed by atoms with Crippen molar-refractivity contribution in [2.75, 3.05) is 4.31 Å². The summed E-state index contributed by atoms with van der Waals surface area (Å²) in [5.74, 6) is -0.635. The Morgan fingerprint density at radius 2 is 1.93 bits per heavy atom. The summed E-state index contributed by atoms with van der Waals surface area (Å²) in [4.78, 5) is 16.1. The SMILES string of the molecule is CC(=O)NCc1ccc(S(=O)(=O)N(Cc2csc(C)n2)c2ccc(F)cc2)s1. The normalized spacial score (nSPS) is 11.4. The molecule has 0 saturated heterocycles. The van der Waals surface area contributed by atoms with Crippen molar-refractivity contribution in [2.45, 2.75) is 31.1 Å². The number of carbonyl (C=O) groups is 1. The summed E-state index contributed by atoms with van der Waals surface area (Å²) in [6, 6.07) is 8.49. The summed E-state index contributed by atoms with van der Waals surface area (Å²) in [6.07, 6.45) is 0. The monoisotopic (exact) mass is 439 g/mol. The predicted octanol–water partition coefficient (Wildman–Crippen LogP) is 3.68. The van der Waals surface area contributed by atoms with Gasteiger partial charge in [-0.3, -0.25) is 9.10 Å². The Balaban J connectivity index is 1.95. The molecule has 0 atom stereocenters. The average molecular weight is 440 g/mol. The minimum Gasteiger partial charge on any atom is -0.351 e. The fourth-order valence-electron chi connectivity index (χ4n) is 2.46. The molecule has 1 amide bonds. The summed E-state index contributed by atoms with van der Waals surface area (Å²) in [5, 5.41) is 5.29. The Kier molecular flexibility index (Phi) is 6.11. The van der Waals surface area contributed by atoms with E-state index in [1.807, 2.05) is 6.92 Å². The van der Waals surface area contributed by atoms with Crippen molar-refractivity contribution in [3.8, 4) is 0 Å². The lowest BCUT2D eigenvalue weighted by atomic mass is 10.3. The number of hydrogen-bond acceptors (Lipinski definition) is 6. The van der Waals surface area contributed by atoms with E-state index >= 15 is 0 Å². The van der Waals surface area contributed by atoms with Gasteiger partial charge in [0.25, 0.3) is 10.0 Å². The largest absolute Gasteiger partial charge is 0.351 e. The Morgan fingerprint density at radius 1 is 1.21 bits per heavy atom. The van der Waals surface area contributed by atoms with Crippen LogP contribution in [0.3, 0.4) is 0 Å². The summed E-state index contributed by atoms with van der Waals surface area (Å²) < 4.78 is 41.3. The first-order chi connectivity index (χ1) is 13.3. The fraction of sp³-hybridized carbons (Fsp3) is 0.222. The van der Waals surface area contributed by atoms with Crippen molar-refractivity contribution in [1.82, 2.24) is 10.3 Å². The molecule has 0 bridgehead atoms. The zero-order valence-corrected chi connectivity index (χ0v) is 17.6. The number of thiazole rings is 1. The highest BCUT2D eigenvalue weighted by Gasteiger charge is 2.27. The molecule has 2 heterocycles. The van der Waals surface area contributed by atoms with Gasteiger partial charge in [-0.1, -0.05) is 0 Å². The number of rotatable bonds is 7. The van der Waals surface area contributed by atoms with Crippen LogP contribution in [0.4, 0.5) is 10.1 Å². The lowest BCUT2D eigenvalue weighted by Gasteiger charge is -2.23. The maximum Gasteiger partial charge on any atom is 0.274 e. The molecule has 10 heteroatoms. The Morgan fingerprint density at radius 3 is 2.54 bits per heavy atom. The number of nitrogens with zero attached hydrogens (tertiary/aromatic N) is 2. The maximum absolute atomic E-state index is 13.3. The number of aryl methyl sites for hydroxylation is 1. The van der Waals surface area contributed by atoms with E-state index in [2.05, 4.69) is 10.3 Å². The van der Waals surface area contributed by atoms with Gasteiger partial charge in [-0.15, -0.1) is 22.7 Å². The van der Waals surface area contributed by atoms with Crippen LogP contribution in [0.5, 0.6) is 0 Å². The van der Waals surface area contributed by atoms with Gasteiger partial charge in [0.05, 0.1) is 29.5 Å². The predicted molar refractivity (Wildman–Crippen MR) is 108 cm³/mol. The van der Waals surface area contributed by atoms with Crippen LogP contribution in [0, 0.1) is 12.7 Å². The number of amides is 1. The Bertz CT molecular complexity index is 1070. The maximum atomic E-state index is 13.3. The highest BCUT2D eigenvalue weighted by atomic mass is 32.2. The van der Waals surface area contributed by atoms with Gasteiger partial charge < -0.3 is 5.32 Å². The first-order valence-electron chi connectivity index (χ1n) is 8.28. The second-order valence-corrected chi connectivity index (χ2v) is 10.3. The lowest BCUT2D eigenvalue weighted by molar-refractivity contribution is -0.119. The number of sulfonamides is 1. The van der Waals surface area contributed by atoms with Gasteiger partial charge >= 0.3 is 0 Å². The smallest absolute Gasteiger partial charge is 0.274 e. The lowest BCUT2D eigenvalue weighted by Crippen LogP contribution is -2.30. The number of benzene rings is 1. The number of nitrogens with one attached hydrogen (secondary N) is 1. The van der Waals surface area contributed by atoms with Gasteiger partial charge in [0, 0.05) is 17.2 Å². The summed E-state index contributed by atoms with van der Waals surface area (Å²) in [5.41, 5.74) is 0.967. The third-order valence-electron chi connectivity index (χ3n) is 3.78. The number of anilines is 1. The van der Waals surface area contributed by atoms with E-state index in [0.29, 0.717) is 11.4 Å². The minimum absolute atomic E-state index is 0.0389. The zero-order chi connectivity index (χ0) is 20.3. The molecule has 0 radical (unpaired) electrons. The number of thiophene rings is 1. The molecule has 0 unspecified atom stereocenters. The van der Waals surface area contributed by atoms with Crippen LogP contribution in [0.2, 0.25) is 0 Å². The molecule has 2 aromatic heterocycles. The summed E-state index contributed by atoms with van der Waals surface area (Å²) in [6.45, 7) is 3.55. The molecule has 0 aliphatic rings. The number of aromatic nitrogens is 1. The van der Waals surface area contributed by atoms with Gasteiger partial charge in [-0.2, -0.15) is 0 Å². The van der Waals surface area contributed by atoms with Crippen LogP contribution < -0.4 is 9.62 Å². The molecule has 3 rings (SSSR count). The van der Waals surface area contributed by atoms with Gasteiger partial charge in [0.2, 0.25) is 5.91 Å². The van der Waals surface area contributed by atoms with Crippen LogP contribution in [0.1, 0.15) is 22.5 Å². The second-order valence-electron chi connectivity index (χ2n) is 5.98. The van der Waals surface area contributed by atoms with Gasteiger partial charge in [-0.25, -0.2) is 17.8 Å².